The molecular formula is C18H16N4O2S2. The summed E-state index contributed by atoms with van der Waals surface area (Å²) in [6, 6.07) is 19.3. The van der Waals surface area contributed by atoms with Gasteiger partial charge in [0.2, 0.25) is 0 Å². The van der Waals surface area contributed by atoms with Gasteiger partial charge >= 0.3 is 0 Å². The Labute approximate surface area is 161 Å². The molecule has 3 rings (SSSR count). The van der Waals surface area contributed by atoms with Crippen LogP contribution >= 0.6 is 24.8 Å². The third kappa shape index (κ3) is 4.41. The first-order chi connectivity index (χ1) is 12.6. The van der Waals surface area contributed by atoms with E-state index >= 15 is 0 Å². The maximum atomic E-state index is 11.9. The molecule has 1 aromatic heterocycles. The number of carbonyl (C=O) groups excluding carboxylic acids is 1. The monoisotopic (exact) mass is 384 g/mol. The fourth-order valence-corrected chi connectivity index (χ4v) is 2.47. The number of hydrazine groups is 1. The number of hydrogen-bond acceptors (Lipinski definition) is 4. The molecule has 2 aromatic carbocycles. The first kappa shape index (κ1) is 18.0. The van der Waals surface area contributed by atoms with Gasteiger partial charge in [-0.2, -0.15) is 5.10 Å². The highest BCUT2D eigenvalue weighted by Gasteiger charge is 2.18. The van der Waals surface area contributed by atoms with Crippen LogP contribution in [0, 0.1) is 0 Å². The number of nitrogens with zero attached hydrogens (tertiary/aromatic N) is 1. The molecule has 0 aliphatic heterocycles. The zero-order valence-corrected chi connectivity index (χ0v) is 15.3. The minimum Gasteiger partial charge on any atom is -0.479 e. The van der Waals surface area contributed by atoms with Crippen molar-refractivity contribution in [2.45, 2.75) is 0 Å². The second kappa shape index (κ2) is 8.50. The van der Waals surface area contributed by atoms with E-state index in [1.165, 1.54) is 0 Å². The number of thiocarbonyl (C=S) groups is 1. The fourth-order valence-electron chi connectivity index (χ4n) is 2.36. The van der Waals surface area contributed by atoms with Crippen molar-refractivity contribution in [3.8, 4) is 28.3 Å². The molecule has 1 amide bonds. The molecule has 0 spiro atoms. The lowest BCUT2D eigenvalue weighted by molar-refractivity contribution is -0.123. The summed E-state index contributed by atoms with van der Waals surface area (Å²) >= 11 is 8.61. The lowest BCUT2D eigenvalue weighted by Crippen LogP contribution is -2.41. The lowest BCUT2D eigenvalue weighted by atomic mass is 10.1. The molecule has 0 saturated heterocycles. The topological polar surface area (TPSA) is 79.0 Å². The number of nitrogens with one attached hydrogen (secondary N) is 3. The Morgan fingerprint density at radius 2 is 1.65 bits per heavy atom. The highest BCUT2D eigenvalue weighted by atomic mass is 32.1. The standard InChI is InChI=1S/C18H16N4O2S2/c23-14(19-22-18(25)26)11-24-17-15(12-7-3-1-4-8-12)20-21-16(17)13-9-5-2-6-10-13/h1-10H,11H2,(H,19,23)(H,20,21)(H2,22,25,26). The minimum atomic E-state index is -0.388. The SMILES string of the molecule is O=C(COc1c(-c2ccccc2)n[nH]c1-c1ccccc1)NNC(=S)S. The number of ether oxygens (including phenoxy) is 1. The van der Waals surface area contributed by atoms with Gasteiger partial charge in [0.25, 0.3) is 5.91 Å². The smallest absolute Gasteiger partial charge is 0.276 e. The molecule has 0 aliphatic rings. The first-order valence-corrected chi connectivity index (χ1v) is 8.60. The average Bonchev–Trinajstić information content (AvgIpc) is 3.10. The molecule has 1 heterocycles. The molecule has 0 saturated carbocycles. The van der Waals surface area contributed by atoms with Crippen LogP contribution in [0.2, 0.25) is 0 Å². The van der Waals surface area contributed by atoms with Gasteiger partial charge < -0.3 is 4.74 Å². The van der Waals surface area contributed by atoms with E-state index < -0.39 is 0 Å². The van der Waals surface area contributed by atoms with E-state index in [1.807, 2.05) is 60.7 Å². The number of carbonyl (C=O) groups is 1. The maximum absolute atomic E-state index is 11.9. The van der Waals surface area contributed by atoms with Crippen LogP contribution in [-0.2, 0) is 4.79 Å². The average molecular weight is 384 g/mol. The van der Waals surface area contributed by atoms with Crippen LogP contribution in [0.25, 0.3) is 22.5 Å². The molecule has 3 aromatic rings. The van der Waals surface area contributed by atoms with Gasteiger partial charge in [-0.05, 0) is 0 Å². The second-order valence-electron chi connectivity index (χ2n) is 5.28. The largest absolute Gasteiger partial charge is 0.479 e. The Kier molecular flexibility index (Phi) is 5.88. The Balaban J connectivity index is 1.89. The zero-order valence-electron chi connectivity index (χ0n) is 13.6. The Hall–Kier alpha value is -2.84. The number of aromatic amines is 1. The van der Waals surface area contributed by atoms with Crippen LogP contribution in [-0.4, -0.2) is 27.0 Å². The molecular weight excluding hydrogens is 368 g/mol. The van der Waals surface area contributed by atoms with Gasteiger partial charge in [0.1, 0.15) is 15.7 Å². The summed E-state index contributed by atoms with van der Waals surface area (Å²) in [5, 5.41) is 7.39. The van der Waals surface area contributed by atoms with Crippen LogP contribution in [0.3, 0.4) is 0 Å². The summed E-state index contributed by atoms with van der Waals surface area (Å²) < 4.78 is 5.96. The molecule has 0 unspecified atom stereocenters. The van der Waals surface area contributed by atoms with Crippen LogP contribution in [0.5, 0.6) is 5.75 Å². The highest BCUT2D eigenvalue weighted by Crippen LogP contribution is 2.36. The van der Waals surface area contributed by atoms with Crippen molar-refractivity contribution in [2.75, 3.05) is 6.61 Å². The zero-order chi connectivity index (χ0) is 18.4. The molecule has 0 aliphatic carbocycles. The predicted octanol–water partition coefficient (Wildman–Crippen LogP) is 2.96. The number of amides is 1. The van der Waals surface area contributed by atoms with Gasteiger partial charge in [0, 0.05) is 11.1 Å². The number of rotatable bonds is 5. The molecule has 132 valence electrons. The van der Waals surface area contributed by atoms with Crippen LogP contribution < -0.4 is 15.6 Å². The summed E-state index contributed by atoms with van der Waals surface area (Å²) in [5.41, 5.74) is 7.99. The van der Waals surface area contributed by atoms with Crippen LogP contribution in [0.1, 0.15) is 0 Å². The molecule has 0 atom stereocenters. The summed E-state index contributed by atoms with van der Waals surface area (Å²) in [6.45, 7) is -0.206. The Morgan fingerprint density at radius 3 is 2.27 bits per heavy atom. The van der Waals surface area contributed by atoms with Crippen molar-refractivity contribution in [3.63, 3.8) is 0 Å². The molecule has 0 bridgehead atoms. The van der Waals surface area contributed by atoms with Crippen molar-refractivity contribution in [1.82, 2.24) is 21.0 Å². The fraction of sp³-hybridized carbons (Fsp3) is 0.0556. The van der Waals surface area contributed by atoms with Gasteiger partial charge in [-0.15, -0.1) is 12.6 Å². The number of aromatic nitrogens is 2. The van der Waals surface area contributed by atoms with Crippen molar-refractivity contribution >= 4 is 35.1 Å². The van der Waals surface area contributed by atoms with Crippen LogP contribution in [0.15, 0.2) is 60.7 Å². The third-order valence-corrected chi connectivity index (χ3v) is 3.70. The summed E-state index contributed by atoms with van der Waals surface area (Å²) in [6.07, 6.45) is 0. The number of hydrogen-bond donors (Lipinski definition) is 4. The van der Waals surface area contributed by atoms with E-state index in [-0.39, 0.29) is 16.8 Å². The quantitative estimate of drug-likeness (QED) is 0.309. The summed E-state index contributed by atoms with van der Waals surface area (Å²) in [5.74, 6) is 0.117. The Bertz CT molecular complexity index is 841. The van der Waals surface area contributed by atoms with Gasteiger partial charge in [0.15, 0.2) is 12.4 Å². The summed E-state index contributed by atoms with van der Waals surface area (Å²) in [7, 11) is 0. The normalized spacial score (nSPS) is 10.2. The lowest BCUT2D eigenvalue weighted by Gasteiger charge is -2.10. The van der Waals surface area contributed by atoms with E-state index in [0.29, 0.717) is 17.1 Å². The van der Waals surface area contributed by atoms with Gasteiger partial charge in [0.05, 0.1) is 0 Å². The van der Waals surface area contributed by atoms with Crippen LogP contribution in [0.4, 0.5) is 0 Å². The molecule has 3 N–H and O–H groups in total. The molecule has 0 radical (unpaired) electrons. The van der Waals surface area contributed by atoms with Crippen molar-refractivity contribution < 1.29 is 9.53 Å². The number of thiol groups is 1. The van der Waals surface area contributed by atoms with E-state index in [2.05, 4.69) is 33.7 Å². The van der Waals surface area contributed by atoms with E-state index in [9.17, 15) is 4.79 Å². The minimum absolute atomic E-state index is 0.164. The number of benzene rings is 2. The molecule has 0 fully saturated rings. The van der Waals surface area contributed by atoms with Crippen molar-refractivity contribution in [2.24, 2.45) is 0 Å². The first-order valence-electron chi connectivity index (χ1n) is 7.75. The van der Waals surface area contributed by atoms with E-state index in [0.717, 1.165) is 11.1 Å². The second-order valence-corrected chi connectivity index (χ2v) is 6.43. The van der Waals surface area contributed by atoms with Crippen molar-refractivity contribution in [3.05, 3.63) is 60.7 Å². The molecule has 8 heteroatoms. The molecule has 26 heavy (non-hydrogen) atoms. The van der Waals surface area contributed by atoms with E-state index in [1.54, 1.807) is 0 Å². The maximum Gasteiger partial charge on any atom is 0.276 e. The van der Waals surface area contributed by atoms with Gasteiger partial charge in [-0.1, -0.05) is 72.9 Å². The van der Waals surface area contributed by atoms with Gasteiger partial charge in [-0.3, -0.25) is 20.7 Å². The van der Waals surface area contributed by atoms with E-state index in [4.69, 9.17) is 17.0 Å². The predicted molar refractivity (Wildman–Crippen MR) is 108 cm³/mol. The van der Waals surface area contributed by atoms with Crippen molar-refractivity contribution in [1.29, 1.82) is 0 Å². The third-order valence-electron chi connectivity index (χ3n) is 3.49. The highest BCUT2D eigenvalue weighted by molar-refractivity contribution is 8.11. The summed E-state index contributed by atoms with van der Waals surface area (Å²) in [4.78, 5) is 11.9. The Morgan fingerprint density at radius 1 is 1.04 bits per heavy atom. The molecule has 6 nitrogen and oxygen atoms in total. The number of H-pyrrole nitrogens is 1. The van der Waals surface area contributed by atoms with Gasteiger partial charge in [-0.25, -0.2) is 0 Å².